The Morgan fingerprint density at radius 3 is 2.65 bits per heavy atom. The molecule has 1 aliphatic rings. The van der Waals surface area contributed by atoms with Crippen LogP contribution in [0.25, 0.3) is 0 Å². The molecule has 0 bridgehead atoms. The quantitative estimate of drug-likeness (QED) is 0.749. The van der Waals surface area contributed by atoms with E-state index in [0.717, 1.165) is 44.1 Å². The van der Waals surface area contributed by atoms with E-state index in [1.165, 1.54) is 17.8 Å². The first-order valence-electron chi connectivity index (χ1n) is 8.77. The summed E-state index contributed by atoms with van der Waals surface area (Å²) in [5, 5.41) is 3.00. The van der Waals surface area contributed by atoms with Gasteiger partial charge in [-0.05, 0) is 23.8 Å². The highest BCUT2D eigenvalue weighted by Gasteiger charge is 2.14. The van der Waals surface area contributed by atoms with E-state index in [-0.39, 0.29) is 11.7 Å². The summed E-state index contributed by atoms with van der Waals surface area (Å²) < 4.78 is 19.0. The third-order valence-electron chi connectivity index (χ3n) is 4.21. The molecule has 1 N–H and O–H groups in total. The molecule has 26 heavy (non-hydrogen) atoms. The van der Waals surface area contributed by atoms with Crippen LogP contribution in [0.5, 0.6) is 0 Å². The van der Waals surface area contributed by atoms with Crippen LogP contribution >= 0.6 is 11.8 Å². The molecule has 2 aromatic carbocycles. The van der Waals surface area contributed by atoms with Crippen LogP contribution in [-0.2, 0) is 16.1 Å². The third kappa shape index (κ3) is 5.56. The van der Waals surface area contributed by atoms with E-state index in [2.05, 4.69) is 10.2 Å². The van der Waals surface area contributed by atoms with Crippen molar-refractivity contribution in [3.05, 3.63) is 59.9 Å². The van der Waals surface area contributed by atoms with Crippen LogP contribution < -0.4 is 5.32 Å². The lowest BCUT2D eigenvalue weighted by molar-refractivity contribution is -0.115. The first-order chi connectivity index (χ1) is 12.7. The smallest absolute Gasteiger partial charge is 0.225 e. The van der Waals surface area contributed by atoms with E-state index < -0.39 is 0 Å². The van der Waals surface area contributed by atoms with Gasteiger partial charge >= 0.3 is 0 Å². The standard InChI is InChI=1S/C20H23FN2O2S/c21-17-6-2-4-8-19(17)26-14-9-20(24)22-18-7-3-1-5-16(18)15-23-10-12-25-13-11-23/h1-8H,9-15H2,(H,22,24). The number of carbonyl (C=O) groups is 1. The van der Waals surface area contributed by atoms with Crippen molar-refractivity contribution in [3.8, 4) is 0 Å². The van der Waals surface area contributed by atoms with Crippen molar-refractivity contribution < 1.29 is 13.9 Å². The van der Waals surface area contributed by atoms with Gasteiger partial charge in [-0.2, -0.15) is 0 Å². The van der Waals surface area contributed by atoms with E-state index in [4.69, 9.17) is 4.74 Å². The fraction of sp³-hybridized carbons (Fsp3) is 0.350. The van der Waals surface area contributed by atoms with Crippen molar-refractivity contribution in [2.24, 2.45) is 0 Å². The van der Waals surface area contributed by atoms with Gasteiger partial charge < -0.3 is 10.1 Å². The van der Waals surface area contributed by atoms with Crippen LogP contribution in [0.4, 0.5) is 10.1 Å². The number of halogens is 1. The van der Waals surface area contributed by atoms with Crippen molar-refractivity contribution in [2.45, 2.75) is 17.9 Å². The number of hydrogen-bond acceptors (Lipinski definition) is 4. The van der Waals surface area contributed by atoms with Gasteiger partial charge in [0.25, 0.3) is 0 Å². The summed E-state index contributed by atoms with van der Waals surface area (Å²) >= 11 is 1.36. The molecule has 4 nitrogen and oxygen atoms in total. The number of morpholine rings is 1. The molecule has 1 saturated heterocycles. The van der Waals surface area contributed by atoms with Crippen LogP contribution in [-0.4, -0.2) is 42.9 Å². The number of benzene rings is 2. The van der Waals surface area contributed by atoms with E-state index in [1.54, 1.807) is 18.2 Å². The van der Waals surface area contributed by atoms with Crippen molar-refractivity contribution >= 4 is 23.4 Å². The molecule has 0 aromatic heterocycles. The van der Waals surface area contributed by atoms with E-state index in [1.807, 2.05) is 24.3 Å². The predicted octanol–water partition coefficient (Wildman–Crippen LogP) is 3.78. The van der Waals surface area contributed by atoms with Crippen molar-refractivity contribution in [2.75, 3.05) is 37.4 Å². The molecular weight excluding hydrogens is 351 g/mol. The minimum atomic E-state index is -0.242. The molecule has 1 fully saturated rings. The first kappa shape index (κ1) is 18.9. The SMILES string of the molecule is O=C(CCSc1ccccc1F)Nc1ccccc1CN1CCOCC1. The maximum Gasteiger partial charge on any atom is 0.225 e. The molecule has 0 radical (unpaired) electrons. The number of hydrogen-bond donors (Lipinski definition) is 1. The zero-order valence-electron chi connectivity index (χ0n) is 14.6. The Bertz CT molecular complexity index is 735. The second-order valence-electron chi connectivity index (χ2n) is 6.12. The Morgan fingerprint density at radius 1 is 1.12 bits per heavy atom. The summed E-state index contributed by atoms with van der Waals surface area (Å²) in [7, 11) is 0. The van der Waals surface area contributed by atoms with Gasteiger partial charge in [-0.15, -0.1) is 11.8 Å². The zero-order valence-corrected chi connectivity index (χ0v) is 15.4. The minimum Gasteiger partial charge on any atom is -0.379 e. The third-order valence-corrected chi connectivity index (χ3v) is 5.26. The molecule has 1 aliphatic heterocycles. The molecule has 0 saturated carbocycles. The average Bonchev–Trinajstić information content (AvgIpc) is 2.66. The van der Waals surface area contributed by atoms with Crippen LogP contribution in [0, 0.1) is 5.82 Å². The number of para-hydroxylation sites is 1. The Balaban J connectivity index is 1.51. The Hall–Kier alpha value is -1.89. The molecule has 138 valence electrons. The van der Waals surface area contributed by atoms with Crippen molar-refractivity contribution in [3.63, 3.8) is 0 Å². The highest BCUT2D eigenvalue weighted by molar-refractivity contribution is 7.99. The largest absolute Gasteiger partial charge is 0.379 e. The second-order valence-corrected chi connectivity index (χ2v) is 7.26. The number of carbonyl (C=O) groups excluding carboxylic acids is 1. The van der Waals surface area contributed by atoms with Gasteiger partial charge in [0.05, 0.1) is 13.2 Å². The van der Waals surface area contributed by atoms with E-state index in [9.17, 15) is 9.18 Å². The molecule has 6 heteroatoms. The Kier molecular flexibility index (Phi) is 7.05. The van der Waals surface area contributed by atoms with E-state index >= 15 is 0 Å². The summed E-state index contributed by atoms with van der Waals surface area (Å²) in [4.78, 5) is 15.2. The van der Waals surface area contributed by atoms with Crippen LogP contribution in [0.2, 0.25) is 0 Å². The van der Waals surface area contributed by atoms with Gasteiger partial charge in [0.2, 0.25) is 5.91 Å². The monoisotopic (exact) mass is 374 g/mol. The van der Waals surface area contributed by atoms with Gasteiger partial charge in [-0.25, -0.2) is 4.39 Å². The molecule has 0 spiro atoms. The molecular formula is C20H23FN2O2S. The second kappa shape index (κ2) is 9.71. The van der Waals surface area contributed by atoms with Gasteiger partial charge in [0.15, 0.2) is 0 Å². The van der Waals surface area contributed by atoms with Crippen LogP contribution in [0.3, 0.4) is 0 Å². The number of nitrogens with one attached hydrogen (secondary N) is 1. The van der Waals surface area contributed by atoms with Gasteiger partial charge in [-0.3, -0.25) is 9.69 Å². The highest BCUT2D eigenvalue weighted by Crippen LogP contribution is 2.23. The fourth-order valence-corrected chi connectivity index (χ4v) is 3.70. The number of rotatable bonds is 7. The van der Waals surface area contributed by atoms with Crippen LogP contribution in [0.15, 0.2) is 53.4 Å². The summed E-state index contributed by atoms with van der Waals surface area (Å²) in [5.74, 6) is 0.246. The number of ether oxygens (including phenoxy) is 1. The molecule has 2 aromatic rings. The topological polar surface area (TPSA) is 41.6 Å². The fourth-order valence-electron chi connectivity index (χ4n) is 2.81. The van der Waals surface area contributed by atoms with Gasteiger partial charge in [0, 0.05) is 42.4 Å². The maximum absolute atomic E-state index is 13.6. The normalized spacial score (nSPS) is 15.0. The first-order valence-corrected chi connectivity index (χ1v) is 9.76. The van der Waals surface area contributed by atoms with Crippen molar-refractivity contribution in [1.29, 1.82) is 0 Å². The molecule has 3 rings (SSSR count). The molecule has 1 heterocycles. The number of anilines is 1. The zero-order chi connectivity index (χ0) is 18.2. The van der Waals surface area contributed by atoms with Gasteiger partial charge in [0.1, 0.15) is 5.82 Å². The number of thioether (sulfide) groups is 1. The Labute approximate surface area is 157 Å². The van der Waals surface area contributed by atoms with Crippen molar-refractivity contribution in [1.82, 2.24) is 4.90 Å². The maximum atomic E-state index is 13.6. The van der Waals surface area contributed by atoms with E-state index in [0.29, 0.717) is 17.1 Å². The minimum absolute atomic E-state index is 0.0525. The lowest BCUT2D eigenvalue weighted by Gasteiger charge is -2.27. The molecule has 0 aliphatic carbocycles. The highest BCUT2D eigenvalue weighted by atomic mass is 32.2. The molecule has 0 unspecified atom stereocenters. The summed E-state index contributed by atoms with van der Waals surface area (Å²) in [6.07, 6.45) is 0.338. The number of nitrogens with zero attached hydrogens (tertiary/aromatic N) is 1. The Morgan fingerprint density at radius 2 is 1.85 bits per heavy atom. The molecule has 0 atom stereocenters. The number of amides is 1. The van der Waals surface area contributed by atoms with Gasteiger partial charge in [-0.1, -0.05) is 30.3 Å². The summed E-state index contributed by atoms with van der Waals surface area (Å²) in [6.45, 7) is 4.11. The lowest BCUT2D eigenvalue weighted by Crippen LogP contribution is -2.35. The predicted molar refractivity (Wildman–Crippen MR) is 103 cm³/mol. The average molecular weight is 374 g/mol. The molecule has 1 amide bonds. The summed E-state index contributed by atoms with van der Waals surface area (Å²) in [5.41, 5.74) is 1.95. The van der Waals surface area contributed by atoms with Crippen LogP contribution in [0.1, 0.15) is 12.0 Å². The lowest BCUT2D eigenvalue weighted by atomic mass is 10.1. The summed E-state index contributed by atoms with van der Waals surface area (Å²) in [6, 6.07) is 14.5.